The van der Waals surface area contributed by atoms with Crippen molar-refractivity contribution >= 4 is 23.2 Å². The fourth-order valence-electron chi connectivity index (χ4n) is 3.78. The third-order valence-electron chi connectivity index (χ3n) is 5.72. The van der Waals surface area contributed by atoms with E-state index in [1.807, 2.05) is 11.8 Å². The second-order valence-electron chi connectivity index (χ2n) is 8.05. The molecule has 2 heterocycles. The lowest BCUT2D eigenvalue weighted by Gasteiger charge is -2.36. The van der Waals surface area contributed by atoms with Crippen LogP contribution in [0.25, 0.3) is 11.4 Å². The third kappa shape index (κ3) is 5.75. The molecule has 0 bridgehead atoms. The van der Waals surface area contributed by atoms with Crippen LogP contribution in [-0.4, -0.2) is 58.6 Å². The third-order valence-corrected chi connectivity index (χ3v) is 6.05. The van der Waals surface area contributed by atoms with E-state index in [1.165, 1.54) is 12.1 Å². The summed E-state index contributed by atoms with van der Waals surface area (Å²) in [5, 5.41) is 7.18. The molecule has 34 heavy (non-hydrogen) atoms. The number of alkyl halides is 3. The molecule has 1 N–H and O–H groups in total. The Morgan fingerprint density at radius 3 is 2.59 bits per heavy atom. The number of carbonyl (C=O) groups is 1. The van der Waals surface area contributed by atoms with Crippen LogP contribution >= 0.6 is 11.6 Å². The van der Waals surface area contributed by atoms with Gasteiger partial charge in [-0.25, -0.2) is 0 Å². The standard InChI is InChI=1S/C23H23ClF3N5O2/c1-15(22-29-21(30-34-22)16-5-4-6-17(13-16)23(25,26)27)32-11-9-31(10-12-32)14-20(33)28-19-8-3-2-7-18(19)24/h2-8,13,15H,9-12,14H2,1H3,(H,28,33)/t15-/m1/s1. The van der Waals surface area contributed by atoms with Gasteiger partial charge in [0.05, 0.1) is 28.9 Å². The summed E-state index contributed by atoms with van der Waals surface area (Å²) in [6.45, 7) is 4.81. The molecule has 1 aromatic heterocycles. The minimum absolute atomic E-state index is 0.114. The Kier molecular flexibility index (Phi) is 7.20. The minimum Gasteiger partial charge on any atom is -0.337 e. The van der Waals surface area contributed by atoms with Crippen molar-refractivity contribution in [2.24, 2.45) is 0 Å². The molecule has 0 aliphatic carbocycles. The topological polar surface area (TPSA) is 74.5 Å². The first-order valence-electron chi connectivity index (χ1n) is 10.7. The highest BCUT2D eigenvalue weighted by atomic mass is 35.5. The number of para-hydroxylation sites is 1. The van der Waals surface area contributed by atoms with E-state index in [-0.39, 0.29) is 29.9 Å². The maximum absolute atomic E-state index is 13.0. The van der Waals surface area contributed by atoms with Gasteiger partial charge in [-0.15, -0.1) is 0 Å². The van der Waals surface area contributed by atoms with Gasteiger partial charge in [-0.3, -0.25) is 14.6 Å². The number of anilines is 1. The minimum atomic E-state index is -4.44. The molecule has 7 nitrogen and oxygen atoms in total. The summed E-state index contributed by atoms with van der Waals surface area (Å²) in [6.07, 6.45) is -4.44. The number of nitrogens with one attached hydrogen (secondary N) is 1. The predicted octanol–water partition coefficient (Wildman–Crippen LogP) is 4.73. The molecule has 3 aromatic rings. The number of aromatic nitrogens is 2. The first-order chi connectivity index (χ1) is 16.2. The summed E-state index contributed by atoms with van der Waals surface area (Å²) < 4.78 is 44.3. The molecule has 0 spiro atoms. The molecule has 1 aliphatic heterocycles. The highest BCUT2D eigenvalue weighted by Gasteiger charge is 2.31. The molecule has 11 heteroatoms. The molecule has 1 atom stereocenters. The molecular weight excluding hydrogens is 471 g/mol. The van der Waals surface area contributed by atoms with Gasteiger partial charge in [0.15, 0.2) is 0 Å². The van der Waals surface area contributed by atoms with E-state index in [0.29, 0.717) is 42.8 Å². The normalized spacial score (nSPS) is 16.4. The maximum Gasteiger partial charge on any atom is 0.416 e. The zero-order valence-electron chi connectivity index (χ0n) is 18.3. The Morgan fingerprint density at radius 1 is 1.15 bits per heavy atom. The van der Waals surface area contributed by atoms with E-state index in [1.54, 1.807) is 24.3 Å². The average molecular weight is 494 g/mol. The maximum atomic E-state index is 13.0. The van der Waals surface area contributed by atoms with E-state index >= 15 is 0 Å². The number of hydrogen-bond acceptors (Lipinski definition) is 6. The average Bonchev–Trinajstić information content (AvgIpc) is 3.31. The number of benzene rings is 2. The summed E-state index contributed by atoms with van der Waals surface area (Å²) in [4.78, 5) is 20.9. The molecule has 1 saturated heterocycles. The Bertz CT molecular complexity index is 1150. The van der Waals surface area contributed by atoms with Crippen LogP contribution in [0.3, 0.4) is 0 Å². The fraction of sp³-hybridized carbons (Fsp3) is 0.348. The van der Waals surface area contributed by atoms with E-state index in [0.717, 1.165) is 12.1 Å². The van der Waals surface area contributed by atoms with Crippen molar-refractivity contribution in [1.29, 1.82) is 0 Å². The molecule has 0 radical (unpaired) electrons. The molecular formula is C23H23ClF3N5O2. The van der Waals surface area contributed by atoms with Gasteiger partial charge in [-0.1, -0.05) is 41.0 Å². The first kappa shape index (κ1) is 24.2. The van der Waals surface area contributed by atoms with Gasteiger partial charge >= 0.3 is 6.18 Å². The van der Waals surface area contributed by atoms with Gasteiger partial charge in [-0.05, 0) is 31.2 Å². The van der Waals surface area contributed by atoms with Crippen molar-refractivity contribution in [3.05, 3.63) is 65.0 Å². The lowest BCUT2D eigenvalue weighted by Crippen LogP contribution is -2.49. The van der Waals surface area contributed by atoms with Gasteiger partial charge in [0.2, 0.25) is 17.6 Å². The number of amides is 1. The van der Waals surface area contributed by atoms with E-state index in [2.05, 4.69) is 20.4 Å². The van der Waals surface area contributed by atoms with E-state index in [9.17, 15) is 18.0 Å². The molecule has 4 rings (SSSR count). The fourth-order valence-corrected chi connectivity index (χ4v) is 3.96. The van der Waals surface area contributed by atoms with E-state index in [4.69, 9.17) is 16.1 Å². The monoisotopic (exact) mass is 493 g/mol. The highest BCUT2D eigenvalue weighted by Crippen LogP contribution is 2.32. The first-order valence-corrected chi connectivity index (χ1v) is 11.1. The van der Waals surface area contributed by atoms with Crippen LogP contribution in [-0.2, 0) is 11.0 Å². The molecule has 1 amide bonds. The van der Waals surface area contributed by atoms with Crippen molar-refractivity contribution in [3.8, 4) is 11.4 Å². The number of rotatable bonds is 6. The molecule has 1 aliphatic rings. The van der Waals surface area contributed by atoms with Gasteiger partial charge in [0.1, 0.15) is 0 Å². The number of nitrogens with zero attached hydrogens (tertiary/aromatic N) is 4. The van der Waals surface area contributed by atoms with Crippen LogP contribution < -0.4 is 5.32 Å². The summed E-state index contributed by atoms with van der Waals surface area (Å²) in [6, 6.07) is 11.7. The number of hydrogen-bond donors (Lipinski definition) is 1. The largest absolute Gasteiger partial charge is 0.416 e. The second-order valence-corrected chi connectivity index (χ2v) is 8.46. The molecule has 0 unspecified atom stereocenters. The van der Waals surface area contributed by atoms with Crippen LogP contribution in [0.1, 0.15) is 24.4 Å². The van der Waals surface area contributed by atoms with Crippen molar-refractivity contribution in [3.63, 3.8) is 0 Å². The Morgan fingerprint density at radius 2 is 1.88 bits per heavy atom. The lowest BCUT2D eigenvalue weighted by atomic mass is 10.1. The molecule has 2 aromatic carbocycles. The van der Waals surface area contributed by atoms with Gasteiger partial charge in [0.25, 0.3) is 0 Å². The lowest BCUT2D eigenvalue weighted by molar-refractivity contribution is -0.137. The summed E-state index contributed by atoms with van der Waals surface area (Å²) in [5.41, 5.74) is 0.0554. The number of piperazine rings is 1. The van der Waals surface area contributed by atoms with Crippen LogP contribution in [0, 0.1) is 0 Å². The summed E-state index contributed by atoms with van der Waals surface area (Å²) in [7, 11) is 0. The molecule has 180 valence electrons. The van der Waals surface area contributed by atoms with Crippen LogP contribution in [0.2, 0.25) is 5.02 Å². The number of halogens is 4. The summed E-state index contributed by atoms with van der Waals surface area (Å²) in [5.74, 6) is 0.303. The Hall–Kier alpha value is -2.95. The number of carbonyl (C=O) groups excluding carboxylic acids is 1. The van der Waals surface area contributed by atoms with E-state index < -0.39 is 11.7 Å². The molecule has 1 fully saturated rings. The van der Waals surface area contributed by atoms with Crippen molar-refractivity contribution in [2.75, 3.05) is 38.0 Å². The van der Waals surface area contributed by atoms with Crippen molar-refractivity contribution in [2.45, 2.75) is 19.1 Å². The highest BCUT2D eigenvalue weighted by molar-refractivity contribution is 6.33. The van der Waals surface area contributed by atoms with Crippen LogP contribution in [0.5, 0.6) is 0 Å². The summed E-state index contributed by atoms with van der Waals surface area (Å²) >= 11 is 6.09. The van der Waals surface area contributed by atoms with Crippen molar-refractivity contribution in [1.82, 2.24) is 19.9 Å². The predicted molar refractivity (Wildman–Crippen MR) is 121 cm³/mol. The SMILES string of the molecule is C[C@H](c1nc(-c2cccc(C(F)(F)F)c2)no1)N1CCN(CC(=O)Nc2ccccc2Cl)CC1. The quantitative estimate of drug-likeness (QED) is 0.535. The van der Waals surface area contributed by atoms with Crippen molar-refractivity contribution < 1.29 is 22.5 Å². The zero-order valence-corrected chi connectivity index (χ0v) is 19.1. The smallest absolute Gasteiger partial charge is 0.337 e. The van der Waals surface area contributed by atoms with Crippen LogP contribution in [0.4, 0.5) is 18.9 Å². The molecule has 0 saturated carbocycles. The Labute approximate surface area is 199 Å². The second kappa shape index (κ2) is 10.1. The zero-order chi connectivity index (χ0) is 24.3. The van der Waals surface area contributed by atoms with Gasteiger partial charge < -0.3 is 9.84 Å². The van der Waals surface area contributed by atoms with Gasteiger partial charge in [0, 0.05) is 31.7 Å². The Balaban J connectivity index is 1.32. The van der Waals surface area contributed by atoms with Crippen LogP contribution in [0.15, 0.2) is 53.1 Å². The van der Waals surface area contributed by atoms with Gasteiger partial charge in [-0.2, -0.15) is 18.2 Å².